The maximum Gasteiger partial charge on any atom is 0.387 e. The average Bonchev–Trinajstić information content (AvgIpc) is 3.20. The molecule has 3 aromatic rings. The Kier molecular flexibility index (Phi) is 4.86. The van der Waals surface area contributed by atoms with Crippen molar-refractivity contribution in [1.82, 2.24) is 9.97 Å². The van der Waals surface area contributed by atoms with E-state index in [1.807, 2.05) is 0 Å². The molecule has 0 amide bonds. The lowest BCUT2D eigenvalue weighted by molar-refractivity contribution is -0.0498. The standard InChI is InChI=1S/C18H14F2N2O2S2/c19-18(20)24-11-6-4-10(5-7-11)13(23)8-25-16-15-12-2-1-3-14(12)26-17(15)22-9-21-16/h4-7,9,18H,1-3,8H2. The Bertz CT molecular complexity index is 958. The molecule has 0 N–H and O–H groups in total. The zero-order valence-corrected chi connectivity index (χ0v) is 15.2. The van der Waals surface area contributed by atoms with Gasteiger partial charge >= 0.3 is 6.61 Å². The Morgan fingerprint density at radius 3 is 2.81 bits per heavy atom. The zero-order valence-electron chi connectivity index (χ0n) is 13.6. The summed E-state index contributed by atoms with van der Waals surface area (Å²) in [5, 5.41) is 1.92. The van der Waals surface area contributed by atoms with Crippen LogP contribution in [0.15, 0.2) is 35.6 Å². The van der Waals surface area contributed by atoms with Crippen LogP contribution in [0.1, 0.15) is 27.2 Å². The first-order valence-electron chi connectivity index (χ1n) is 8.08. The van der Waals surface area contributed by atoms with Crippen molar-refractivity contribution in [2.75, 3.05) is 5.75 Å². The molecule has 4 nitrogen and oxygen atoms in total. The fourth-order valence-electron chi connectivity index (χ4n) is 3.05. The molecule has 8 heteroatoms. The fourth-order valence-corrected chi connectivity index (χ4v) is 5.26. The number of rotatable bonds is 6. The van der Waals surface area contributed by atoms with Gasteiger partial charge in [-0.05, 0) is 49.1 Å². The summed E-state index contributed by atoms with van der Waals surface area (Å²) in [6.45, 7) is -2.88. The Balaban J connectivity index is 1.49. The van der Waals surface area contributed by atoms with E-state index in [4.69, 9.17) is 0 Å². The molecule has 0 bridgehead atoms. The Morgan fingerprint density at radius 1 is 1.23 bits per heavy atom. The molecule has 0 aliphatic heterocycles. The third kappa shape index (κ3) is 3.43. The van der Waals surface area contributed by atoms with Crippen LogP contribution >= 0.6 is 23.1 Å². The van der Waals surface area contributed by atoms with Gasteiger partial charge in [-0.1, -0.05) is 11.8 Å². The van der Waals surface area contributed by atoms with Crippen LogP contribution in [0.2, 0.25) is 0 Å². The van der Waals surface area contributed by atoms with E-state index in [1.54, 1.807) is 11.3 Å². The summed E-state index contributed by atoms with van der Waals surface area (Å²) in [4.78, 5) is 23.5. The number of ether oxygens (including phenoxy) is 1. The number of Topliss-reactive ketones (excluding diaryl/α,β-unsaturated/α-hetero) is 1. The lowest BCUT2D eigenvalue weighted by Crippen LogP contribution is -2.05. The molecule has 0 saturated heterocycles. The molecule has 1 aliphatic rings. The summed E-state index contributed by atoms with van der Waals surface area (Å²) < 4.78 is 28.7. The van der Waals surface area contributed by atoms with Crippen molar-refractivity contribution in [1.29, 1.82) is 0 Å². The van der Waals surface area contributed by atoms with Crippen LogP contribution in [0.5, 0.6) is 5.75 Å². The third-order valence-electron chi connectivity index (χ3n) is 4.21. The number of ketones is 1. The molecule has 1 aromatic carbocycles. The number of fused-ring (bicyclic) bond motifs is 3. The van der Waals surface area contributed by atoms with Crippen LogP contribution in [0.25, 0.3) is 10.2 Å². The second kappa shape index (κ2) is 7.28. The number of carbonyl (C=O) groups is 1. The number of aryl methyl sites for hydroxylation is 2. The molecule has 2 heterocycles. The third-order valence-corrected chi connectivity index (χ3v) is 6.40. The van der Waals surface area contributed by atoms with Crippen molar-refractivity contribution >= 4 is 39.1 Å². The van der Waals surface area contributed by atoms with E-state index in [-0.39, 0.29) is 17.3 Å². The number of hydrogen-bond donors (Lipinski definition) is 0. The molecule has 0 spiro atoms. The summed E-state index contributed by atoms with van der Waals surface area (Å²) in [7, 11) is 0. The van der Waals surface area contributed by atoms with E-state index in [9.17, 15) is 13.6 Å². The summed E-state index contributed by atoms with van der Waals surface area (Å²) in [6, 6.07) is 5.74. The van der Waals surface area contributed by atoms with E-state index >= 15 is 0 Å². The monoisotopic (exact) mass is 392 g/mol. The van der Waals surface area contributed by atoms with Crippen LogP contribution in [0.3, 0.4) is 0 Å². The number of hydrogen-bond acceptors (Lipinski definition) is 6. The molecule has 26 heavy (non-hydrogen) atoms. The highest BCUT2D eigenvalue weighted by Crippen LogP contribution is 2.40. The predicted octanol–water partition coefficient (Wildman–Crippen LogP) is 4.76. The Hall–Kier alpha value is -2.06. The summed E-state index contributed by atoms with van der Waals surface area (Å²) in [6.07, 6.45) is 4.82. The van der Waals surface area contributed by atoms with E-state index in [1.165, 1.54) is 52.8 Å². The van der Waals surface area contributed by atoms with Gasteiger partial charge in [0, 0.05) is 15.8 Å². The van der Waals surface area contributed by atoms with Gasteiger partial charge in [0.15, 0.2) is 5.78 Å². The SMILES string of the molecule is O=C(CSc1ncnc2sc3c(c12)CCC3)c1ccc(OC(F)F)cc1. The van der Waals surface area contributed by atoms with Crippen molar-refractivity contribution in [3.63, 3.8) is 0 Å². The van der Waals surface area contributed by atoms with Crippen molar-refractivity contribution in [2.45, 2.75) is 30.9 Å². The molecule has 4 rings (SSSR count). The minimum absolute atomic E-state index is 0.0375. The molecular weight excluding hydrogens is 378 g/mol. The van der Waals surface area contributed by atoms with Crippen LogP contribution in [0.4, 0.5) is 8.78 Å². The second-order valence-corrected chi connectivity index (χ2v) is 7.88. The predicted molar refractivity (Wildman–Crippen MR) is 97.6 cm³/mol. The van der Waals surface area contributed by atoms with Gasteiger partial charge in [0.05, 0.1) is 5.75 Å². The number of alkyl halides is 2. The second-order valence-electron chi connectivity index (χ2n) is 5.83. The highest BCUT2D eigenvalue weighted by Gasteiger charge is 2.21. The quantitative estimate of drug-likeness (QED) is 0.344. The first kappa shape index (κ1) is 17.4. The van der Waals surface area contributed by atoms with Gasteiger partial charge in [-0.2, -0.15) is 8.78 Å². The van der Waals surface area contributed by atoms with Gasteiger partial charge in [-0.3, -0.25) is 4.79 Å². The maximum atomic E-state index is 12.4. The summed E-state index contributed by atoms with van der Waals surface area (Å²) >= 11 is 3.11. The molecule has 2 aromatic heterocycles. The first-order chi connectivity index (χ1) is 12.6. The summed E-state index contributed by atoms with van der Waals surface area (Å²) in [5.74, 6) is 0.180. The molecule has 0 radical (unpaired) electrons. The number of nitrogens with zero attached hydrogens (tertiary/aromatic N) is 2. The van der Waals surface area contributed by atoms with E-state index in [2.05, 4.69) is 14.7 Å². The largest absolute Gasteiger partial charge is 0.435 e. The Morgan fingerprint density at radius 2 is 2.04 bits per heavy atom. The van der Waals surface area contributed by atoms with Crippen molar-refractivity contribution in [3.8, 4) is 5.75 Å². The number of aromatic nitrogens is 2. The van der Waals surface area contributed by atoms with E-state index in [0.717, 1.165) is 34.5 Å². The number of benzene rings is 1. The van der Waals surface area contributed by atoms with E-state index in [0.29, 0.717) is 5.56 Å². The zero-order chi connectivity index (χ0) is 18.1. The molecule has 1 aliphatic carbocycles. The Labute approximate surface area is 156 Å². The van der Waals surface area contributed by atoms with Gasteiger partial charge in [-0.25, -0.2) is 9.97 Å². The normalized spacial score (nSPS) is 13.3. The molecule has 0 fully saturated rings. The van der Waals surface area contributed by atoms with Crippen molar-refractivity contribution in [2.24, 2.45) is 0 Å². The van der Waals surface area contributed by atoms with E-state index < -0.39 is 6.61 Å². The molecule has 0 atom stereocenters. The number of halogens is 2. The van der Waals surface area contributed by atoms with Crippen molar-refractivity contribution in [3.05, 3.63) is 46.6 Å². The topological polar surface area (TPSA) is 52.1 Å². The van der Waals surface area contributed by atoms with Gasteiger partial charge in [0.1, 0.15) is 21.9 Å². The molecule has 0 saturated carbocycles. The number of thiophene rings is 1. The molecular formula is C18H14F2N2O2S2. The highest BCUT2D eigenvalue weighted by atomic mass is 32.2. The minimum atomic E-state index is -2.88. The number of thioether (sulfide) groups is 1. The van der Waals surface area contributed by atoms with Gasteiger partial charge in [0.2, 0.25) is 0 Å². The smallest absolute Gasteiger partial charge is 0.387 e. The molecule has 134 valence electrons. The number of carbonyl (C=O) groups excluding carboxylic acids is 1. The van der Waals surface area contributed by atoms with Crippen LogP contribution in [-0.4, -0.2) is 28.1 Å². The molecule has 0 unspecified atom stereocenters. The fraction of sp³-hybridized carbons (Fsp3) is 0.278. The van der Waals surface area contributed by atoms with Crippen molar-refractivity contribution < 1.29 is 18.3 Å². The van der Waals surface area contributed by atoms with Crippen LogP contribution < -0.4 is 4.74 Å². The average molecular weight is 392 g/mol. The lowest BCUT2D eigenvalue weighted by Gasteiger charge is -2.06. The van der Waals surface area contributed by atoms with Gasteiger partial charge in [0.25, 0.3) is 0 Å². The van der Waals surface area contributed by atoms with Crippen LogP contribution in [0, 0.1) is 0 Å². The maximum absolute atomic E-state index is 12.4. The first-order valence-corrected chi connectivity index (χ1v) is 9.88. The van der Waals surface area contributed by atoms with Gasteiger partial charge < -0.3 is 4.74 Å². The minimum Gasteiger partial charge on any atom is -0.435 e. The van der Waals surface area contributed by atoms with Gasteiger partial charge in [-0.15, -0.1) is 11.3 Å². The lowest BCUT2D eigenvalue weighted by atomic mass is 10.1. The summed E-state index contributed by atoms with van der Waals surface area (Å²) in [5.41, 5.74) is 1.79. The van der Waals surface area contributed by atoms with Crippen LogP contribution in [-0.2, 0) is 12.8 Å². The highest BCUT2D eigenvalue weighted by molar-refractivity contribution is 8.00.